The van der Waals surface area contributed by atoms with Gasteiger partial charge in [0.25, 0.3) is 0 Å². The smallest absolute Gasteiger partial charge is 0.0420 e. The molecule has 1 atom stereocenters. The molecule has 3 heteroatoms. The van der Waals surface area contributed by atoms with Crippen LogP contribution in [0.4, 0.5) is 0 Å². The van der Waals surface area contributed by atoms with Crippen LogP contribution >= 0.6 is 23.1 Å². The molecule has 0 fully saturated rings. The standard InChI is InChI=1S/C11H19NS2/c1-4-12-11(8-13-5-2)10-6-9(3)14-7-10/h6-7,11-12H,4-5,8H2,1-3H3. The lowest BCUT2D eigenvalue weighted by molar-refractivity contribution is 0.607. The van der Waals surface area contributed by atoms with Crippen LogP contribution in [0.1, 0.15) is 30.3 Å². The van der Waals surface area contributed by atoms with Gasteiger partial charge in [-0.3, -0.25) is 0 Å². The van der Waals surface area contributed by atoms with E-state index in [9.17, 15) is 0 Å². The van der Waals surface area contributed by atoms with E-state index in [0.29, 0.717) is 6.04 Å². The van der Waals surface area contributed by atoms with Gasteiger partial charge in [-0.05, 0) is 36.2 Å². The molecule has 0 aliphatic rings. The normalized spacial score (nSPS) is 13.1. The van der Waals surface area contributed by atoms with Crippen LogP contribution in [0.3, 0.4) is 0 Å². The first kappa shape index (κ1) is 12.1. The summed E-state index contributed by atoms with van der Waals surface area (Å²) in [4.78, 5) is 1.41. The molecule has 1 aromatic rings. The summed E-state index contributed by atoms with van der Waals surface area (Å²) in [5, 5.41) is 5.81. The zero-order chi connectivity index (χ0) is 10.4. The van der Waals surface area contributed by atoms with Gasteiger partial charge in [0, 0.05) is 16.7 Å². The second-order valence-electron chi connectivity index (χ2n) is 3.26. The molecule has 0 spiro atoms. The van der Waals surface area contributed by atoms with Crippen molar-refractivity contribution >= 4 is 23.1 Å². The molecule has 0 saturated carbocycles. The van der Waals surface area contributed by atoms with Gasteiger partial charge in [-0.1, -0.05) is 13.8 Å². The summed E-state index contributed by atoms with van der Waals surface area (Å²) in [6.45, 7) is 7.60. The zero-order valence-electron chi connectivity index (χ0n) is 9.17. The van der Waals surface area contributed by atoms with Crippen molar-refractivity contribution in [1.29, 1.82) is 0 Å². The third-order valence-corrected chi connectivity index (χ3v) is 3.95. The van der Waals surface area contributed by atoms with Crippen LogP contribution in [0.2, 0.25) is 0 Å². The van der Waals surface area contributed by atoms with E-state index >= 15 is 0 Å². The van der Waals surface area contributed by atoms with Gasteiger partial charge in [0.2, 0.25) is 0 Å². The van der Waals surface area contributed by atoms with Crippen molar-refractivity contribution < 1.29 is 0 Å². The van der Waals surface area contributed by atoms with E-state index < -0.39 is 0 Å². The molecule has 80 valence electrons. The molecule has 1 heterocycles. The van der Waals surface area contributed by atoms with Crippen molar-refractivity contribution in [1.82, 2.24) is 5.32 Å². The maximum atomic E-state index is 3.53. The van der Waals surface area contributed by atoms with E-state index in [4.69, 9.17) is 0 Å². The molecule has 1 rings (SSSR count). The molecule has 0 aromatic carbocycles. The van der Waals surface area contributed by atoms with Gasteiger partial charge in [0.15, 0.2) is 0 Å². The SMILES string of the molecule is CCNC(CSCC)c1csc(C)c1. The summed E-state index contributed by atoms with van der Waals surface area (Å²) in [6.07, 6.45) is 0. The van der Waals surface area contributed by atoms with Crippen molar-refractivity contribution in [3.63, 3.8) is 0 Å². The lowest BCUT2D eigenvalue weighted by atomic mass is 10.2. The molecule has 1 N–H and O–H groups in total. The highest BCUT2D eigenvalue weighted by atomic mass is 32.2. The fourth-order valence-corrected chi connectivity index (χ4v) is 2.94. The lowest BCUT2D eigenvalue weighted by Gasteiger charge is -2.15. The number of hydrogen-bond donors (Lipinski definition) is 1. The van der Waals surface area contributed by atoms with E-state index in [1.54, 1.807) is 0 Å². The molecule has 0 radical (unpaired) electrons. The summed E-state index contributed by atoms with van der Waals surface area (Å²) in [6, 6.07) is 2.84. The minimum absolute atomic E-state index is 0.537. The number of aryl methyl sites for hydroxylation is 1. The number of thiophene rings is 1. The van der Waals surface area contributed by atoms with Gasteiger partial charge < -0.3 is 5.32 Å². The van der Waals surface area contributed by atoms with E-state index in [1.807, 2.05) is 23.1 Å². The molecule has 0 saturated heterocycles. The Bertz CT molecular complexity index is 258. The number of rotatable bonds is 6. The lowest BCUT2D eigenvalue weighted by Crippen LogP contribution is -2.22. The van der Waals surface area contributed by atoms with Crippen LogP contribution in [0.25, 0.3) is 0 Å². The molecule has 1 nitrogen and oxygen atoms in total. The molecule has 1 aromatic heterocycles. The summed E-state index contributed by atoms with van der Waals surface area (Å²) in [5.41, 5.74) is 1.45. The van der Waals surface area contributed by atoms with Crippen LogP contribution in [0, 0.1) is 6.92 Å². The maximum Gasteiger partial charge on any atom is 0.0420 e. The van der Waals surface area contributed by atoms with Gasteiger partial charge >= 0.3 is 0 Å². The first-order chi connectivity index (χ1) is 6.77. The largest absolute Gasteiger partial charge is 0.309 e. The van der Waals surface area contributed by atoms with Crippen molar-refractivity contribution in [2.45, 2.75) is 26.8 Å². The molecule has 0 amide bonds. The average Bonchev–Trinajstić information content (AvgIpc) is 2.59. The van der Waals surface area contributed by atoms with Crippen LogP contribution in [-0.4, -0.2) is 18.1 Å². The zero-order valence-corrected chi connectivity index (χ0v) is 10.8. The van der Waals surface area contributed by atoms with Gasteiger partial charge in [0.05, 0.1) is 0 Å². The highest BCUT2D eigenvalue weighted by molar-refractivity contribution is 7.99. The average molecular weight is 229 g/mol. The highest BCUT2D eigenvalue weighted by Crippen LogP contribution is 2.23. The van der Waals surface area contributed by atoms with E-state index in [2.05, 4.69) is 37.5 Å². The summed E-state index contributed by atoms with van der Waals surface area (Å²) in [7, 11) is 0. The van der Waals surface area contributed by atoms with Crippen LogP contribution in [-0.2, 0) is 0 Å². The molecule has 14 heavy (non-hydrogen) atoms. The van der Waals surface area contributed by atoms with Crippen molar-refractivity contribution in [2.75, 3.05) is 18.1 Å². The quantitative estimate of drug-likeness (QED) is 0.802. The molecular formula is C11H19NS2. The second-order valence-corrected chi connectivity index (χ2v) is 5.69. The second kappa shape index (κ2) is 6.49. The van der Waals surface area contributed by atoms with Crippen LogP contribution in [0.5, 0.6) is 0 Å². The fourth-order valence-electron chi connectivity index (χ4n) is 1.40. The number of thioether (sulfide) groups is 1. The number of hydrogen-bond acceptors (Lipinski definition) is 3. The number of nitrogens with one attached hydrogen (secondary N) is 1. The van der Waals surface area contributed by atoms with Crippen molar-refractivity contribution in [3.05, 3.63) is 21.9 Å². The Hall–Kier alpha value is 0.0100. The Labute approximate surface area is 95.3 Å². The van der Waals surface area contributed by atoms with Gasteiger partial charge in [-0.2, -0.15) is 11.8 Å². The third kappa shape index (κ3) is 3.64. The summed E-state index contributed by atoms with van der Waals surface area (Å²) < 4.78 is 0. The monoisotopic (exact) mass is 229 g/mol. The van der Waals surface area contributed by atoms with Gasteiger partial charge in [0.1, 0.15) is 0 Å². The topological polar surface area (TPSA) is 12.0 Å². The Kier molecular flexibility index (Phi) is 5.60. The van der Waals surface area contributed by atoms with E-state index in [0.717, 1.165) is 6.54 Å². The third-order valence-electron chi connectivity index (χ3n) is 2.09. The molecule has 1 unspecified atom stereocenters. The van der Waals surface area contributed by atoms with E-state index in [1.165, 1.54) is 21.9 Å². The van der Waals surface area contributed by atoms with Crippen molar-refractivity contribution in [2.24, 2.45) is 0 Å². The van der Waals surface area contributed by atoms with Gasteiger partial charge in [-0.25, -0.2) is 0 Å². The minimum atomic E-state index is 0.537. The van der Waals surface area contributed by atoms with Crippen LogP contribution < -0.4 is 5.32 Å². The van der Waals surface area contributed by atoms with E-state index in [-0.39, 0.29) is 0 Å². The first-order valence-electron chi connectivity index (χ1n) is 5.14. The summed E-state index contributed by atoms with van der Waals surface area (Å²) >= 11 is 3.85. The minimum Gasteiger partial charge on any atom is -0.309 e. The predicted octanol–water partition coefficient (Wildman–Crippen LogP) is 3.46. The van der Waals surface area contributed by atoms with Crippen LogP contribution in [0.15, 0.2) is 11.4 Å². The Balaban J connectivity index is 2.57. The molecule has 0 aliphatic heterocycles. The Morgan fingerprint density at radius 1 is 1.50 bits per heavy atom. The Morgan fingerprint density at radius 3 is 2.79 bits per heavy atom. The molecule has 0 bridgehead atoms. The molecule has 0 aliphatic carbocycles. The maximum absolute atomic E-state index is 3.53. The highest BCUT2D eigenvalue weighted by Gasteiger charge is 2.10. The first-order valence-corrected chi connectivity index (χ1v) is 7.17. The predicted molar refractivity (Wildman–Crippen MR) is 68.5 cm³/mol. The van der Waals surface area contributed by atoms with Crippen molar-refractivity contribution in [3.8, 4) is 0 Å². The van der Waals surface area contributed by atoms with Gasteiger partial charge in [-0.15, -0.1) is 11.3 Å². The fraction of sp³-hybridized carbons (Fsp3) is 0.636. The molecular weight excluding hydrogens is 210 g/mol. The Morgan fingerprint density at radius 2 is 2.29 bits per heavy atom. The summed E-state index contributed by atoms with van der Waals surface area (Å²) in [5.74, 6) is 2.38.